The highest BCUT2D eigenvalue weighted by Crippen LogP contribution is 2.25. The molecule has 1 heterocycles. The molecule has 0 amide bonds. The Morgan fingerprint density at radius 1 is 1.22 bits per heavy atom. The molecule has 2 nitrogen and oxygen atoms in total. The third-order valence-electron chi connectivity index (χ3n) is 2.80. The van der Waals surface area contributed by atoms with E-state index in [-0.39, 0.29) is 0 Å². The largest absolute Gasteiger partial charge is 0.493 e. The quantitative estimate of drug-likeness (QED) is 0.782. The number of rotatable bonds is 5. The van der Waals surface area contributed by atoms with Crippen molar-refractivity contribution in [1.29, 1.82) is 0 Å². The van der Waals surface area contributed by atoms with Crippen molar-refractivity contribution in [2.45, 2.75) is 18.7 Å². The van der Waals surface area contributed by atoms with E-state index in [1.807, 2.05) is 12.3 Å². The van der Waals surface area contributed by atoms with Crippen molar-refractivity contribution in [2.75, 3.05) is 6.61 Å². The first-order valence-corrected chi connectivity index (χ1v) is 7.09. The van der Waals surface area contributed by atoms with Crippen LogP contribution in [0.1, 0.15) is 16.7 Å². The summed E-state index contributed by atoms with van der Waals surface area (Å²) in [4.78, 5) is 4.10. The third kappa shape index (κ3) is 3.33. The lowest BCUT2D eigenvalue weighted by atomic mass is 10.1. The molecule has 2 rings (SSSR count). The van der Waals surface area contributed by atoms with Gasteiger partial charge in [-0.1, -0.05) is 40.2 Å². The van der Waals surface area contributed by atoms with Gasteiger partial charge in [0.15, 0.2) is 0 Å². The maximum absolute atomic E-state index is 5.90. The van der Waals surface area contributed by atoms with Crippen molar-refractivity contribution in [1.82, 2.24) is 4.98 Å². The van der Waals surface area contributed by atoms with Gasteiger partial charge in [0, 0.05) is 29.7 Å². The zero-order chi connectivity index (χ0) is 12.8. The van der Waals surface area contributed by atoms with E-state index in [0.29, 0.717) is 6.61 Å². The minimum atomic E-state index is 0.677. The second kappa shape index (κ2) is 6.55. The molecule has 94 valence electrons. The van der Waals surface area contributed by atoms with Gasteiger partial charge in [0.25, 0.3) is 0 Å². The van der Waals surface area contributed by atoms with E-state index in [2.05, 4.69) is 52.1 Å². The number of nitrogens with zero attached hydrogens (tertiary/aromatic N) is 1. The van der Waals surface area contributed by atoms with Gasteiger partial charge >= 0.3 is 0 Å². The molecule has 0 N–H and O–H groups in total. The lowest BCUT2D eigenvalue weighted by Crippen LogP contribution is -2.04. The highest BCUT2D eigenvalue weighted by Gasteiger charge is 2.05. The molecule has 0 unspecified atom stereocenters. The molecule has 18 heavy (non-hydrogen) atoms. The van der Waals surface area contributed by atoms with Gasteiger partial charge in [-0.05, 0) is 24.1 Å². The molecule has 0 radical (unpaired) electrons. The number of aryl methyl sites for hydroxylation is 1. The van der Waals surface area contributed by atoms with E-state index in [9.17, 15) is 0 Å². The number of halogens is 1. The van der Waals surface area contributed by atoms with Gasteiger partial charge in [-0.25, -0.2) is 0 Å². The van der Waals surface area contributed by atoms with E-state index < -0.39 is 0 Å². The summed E-state index contributed by atoms with van der Waals surface area (Å²) in [6.45, 7) is 2.75. The monoisotopic (exact) mass is 305 g/mol. The Morgan fingerprint density at radius 3 is 2.83 bits per heavy atom. The van der Waals surface area contributed by atoms with Gasteiger partial charge in [-0.2, -0.15) is 0 Å². The maximum Gasteiger partial charge on any atom is 0.126 e. The fraction of sp³-hybridized carbons (Fsp3) is 0.267. The molecule has 0 saturated heterocycles. The molecule has 0 atom stereocenters. The second-order valence-corrected chi connectivity index (χ2v) is 4.72. The summed E-state index contributed by atoms with van der Waals surface area (Å²) < 4.78 is 5.90. The average molecular weight is 306 g/mol. The zero-order valence-electron chi connectivity index (χ0n) is 10.4. The first-order valence-electron chi connectivity index (χ1n) is 5.97. The molecule has 0 saturated carbocycles. The molecule has 0 bridgehead atoms. The number of aromatic nitrogens is 1. The van der Waals surface area contributed by atoms with Crippen LogP contribution in [0, 0.1) is 6.92 Å². The molecule has 1 aromatic carbocycles. The van der Waals surface area contributed by atoms with Crippen LogP contribution < -0.4 is 4.74 Å². The van der Waals surface area contributed by atoms with Crippen molar-refractivity contribution in [3.63, 3.8) is 0 Å². The average Bonchev–Trinajstić information content (AvgIpc) is 2.41. The number of benzene rings is 1. The lowest BCUT2D eigenvalue weighted by molar-refractivity contribution is 0.317. The van der Waals surface area contributed by atoms with Crippen molar-refractivity contribution in [3.05, 3.63) is 59.4 Å². The van der Waals surface area contributed by atoms with E-state index >= 15 is 0 Å². The van der Waals surface area contributed by atoms with Crippen LogP contribution in [-0.2, 0) is 11.8 Å². The topological polar surface area (TPSA) is 22.1 Å². The molecule has 1 aromatic heterocycles. The molecular formula is C15H16BrNO. The smallest absolute Gasteiger partial charge is 0.126 e. The Labute approximate surface area is 116 Å². The Hall–Kier alpha value is -1.35. The van der Waals surface area contributed by atoms with E-state index in [4.69, 9.17) is 4.74 Å². The predicted molar refractivity (Wildman–Crippen MR) is 77.2 cm³/mol. The van der Waals surface area contributed by atoms with Crippen LogP contribution in [-0.4, -0.2) is 11.6 Å². The zero-order valence-corrected chi connectivity index (χ0v) is 12.0. The number of alkyl halides is 1. The van der Waals surface area contributed by atoms with Crippen LogP contribution in [0.15, 0.2) is 42.7 Å². The summed E-state index contributed by atoms with van der Waals surface area (Å²) >= 11 is 3.49. The summed E-state index contributed by atoms with van der Waals surface area (Å²) in [5.41, 5.74) is 3.57. The maximum atomic E-state index is 5.90. The highest BCUT2D eigenvalue weighted by atomic mass is 79.9. The Morgan fingerprint density at radius 2 is 2.11 bits per heavy atom. The molecular weight excluding hydrogens is 290 g/mol. The van der Waals surface area contributed by atoms with E-state index in [0.717, 1.165) is 17.5 Å². The standard InChI is InChI=1S/C15H16BrNO/c1-12-4-2-6-14(10-16)15(12)18-9-7-13-5-3-8-17-11-13/h2-6,8,11H,7,9-10H2,1H3. The van der Waals surface area contributed by atoms with Crippen molar-refractivity contribution in [3.8, 4) is 5.75 Å². The third-order valence-corrected chi connectivity index (χ3v) is 3.40. The van der Waals surface area contributed by atoms with Crippen LogP contribution >= 0.6 is 15.9 Å². The molecule has 0 spiro atoms. The fourth-order valence-corrected chi connectivity index (χ4v) is 2.28. The number of hydrogen-bond donors (Lipinski definition) is 0. The summed E-state index contributed by atoms with van der Waals surface area (Å²) in [6, 6.07) is 10.2. The number of pyridine rings is 1. The van der Waals surface area contributed by atoms with E-state index in [1.165, 1.54) is 16.7 Å². The van der Waals surface area contributed by atoms with Gasteiger partial charge < -0.3 is 4.74 Å². The first kappa shape index (κ1) is 13.1. The summed E-state index contributed by atoms with van der Waals surface area (Å²) in [7, 11) is 0. The van der Waals surface area contributed by atoms with Gasteiger partial charge in [0.1, 0.15) is 5.75 Å². The minimum Gasteiger partial charge on any atom is -0.493 e. The number of para-hydroxylation sites is 1. The fourth-order valence-electron chi connectivity index (χ4n) is 1.84. The van der Waals surface area contributed by atoms with Gasteiger partial charge in [0.05, 0.1) is 6.61 Å². The van der Waals surface area contributed by atoms with Crippen LogP contribution in [0.3, 0.4) is 0 Å². The number of ether oxygens (including phenoxy) is 1. The molecule has 2 aromatic rings. The normalized spacial score (nSPS) is 10.3. The Kier molecular flexibility index (Phi) is 4.76. The van der Waals surface area contributed by atoms with Gasteiger partial charge in [-0.3, -0.25) is 4.98 Å². The van der Waals surface area contributed by atoms with Crippen LogP contribution in [0.5, 0.6) is 5.75 Å². The summed E-state index contributed by atoms with van der Waals surface area (Å²) in [5, 5.41) is 0.816. The lowest BCUT2D eigenvalue weighted by Gasteiger charge is -2.12. The van der Waals surface area contributed by atoms with Crippen LogP contribution in [0.25, 0.3) is 0 Å². The van der Waals surface area contributed by atoms with Crippen LogP contribution in [0.4, 0.5) is 0 Å². The Bertz CT molecular complexity index is 499. The predicted octanol–water partition coefficient (Wildman–Crippen LogP) is 3.91. The van der Waals surface area contributed by atoms with Crippen molar-refractivity contribution < 1.29 is 4.74 Å². The molecule has 0 aliphatic heterocycles. The van der Waals surface area contributed by atoms with Crippen LogP contribution in [0.2, 0.25) is 0 Å². The van der Waals surface area contributed by atoms with Crippen molar-refractivity contribution in [2.24, 2.45) is 0 Å². The Balaban J connectivity index is 1.98. The molecule has 0 fully saturated rings. The molecule has 0 aliphatic rings. The highest BCUT2D eigenvalue weighted by molar-refractivity contribution is 9.08. The van der Waals surface area contributed by atoms with Gasteiger partial charge in [0.2, 0.25) is 0 Å². The molecule has 0 aliphatic carbocycles. The summed E-state index contributed by atoms with van der Waals surface area (Å²) in [5.74, 6) is 0.998. The van der Waals surface area contributed by atoms with E-state index in [1.54, 1.807) is 6.20 Å². The molecule has 3 heteroatoms. The SMILES string of the molecule is Cc1cccc(CBr)c1OCCc1cccnc1. The first-order chi connectivity index (χ1) is 8.81. The second-order valence-electron chi connectivity index (χ2n) is 4.16. The van der Waals surface area contributed by atoms with Gasteiger partial charge in [-0.15, -0.1) is 0 Å². The minimum absolute atomic E-state index is 0.677. The van der Waals surface area contributed by atoms with Crippen molar-refractivity contribution >= 4 is 15.9 Å². The number of hydrogen-bond acceptors (Lipinski definition) is 2. The summed E-state index contributed by atoms with van der Waals surface area (Å²) in [6.07, 6.45) is 4.55.